The van der Waals surface area contributed by atoms with E-state index in [0.717, 1.165) is 32.4 Å². The van der Waals surface area contributed by atoms with Gasteiger partial charge in [0.25, 0.3) is 0 Å². The van der Waals surface area contributed by atoms with Gasteiger partial charge in [0.05, 0.1) is 41.1 Å². The second-order valence-electron chi connectivity index (χ2n) is 10.1. The molecule has 0 bridgehead atoms. The van der Waals surface area contributed by atoms with Crippen molar-refractivity contribution in [1.29, 1.82) is 0 Å². The van der Waals surface area contributed by atoms with Gasteiger partial charge in [-0.1, -0.05) is 17.7 Å². The minimum atomic E-state index is -0.521. The normalized spacial score (nSPS) is 18.4. The van der Waals surface area contributed by atoms with E-state index in [4.69, 9.17) is 31.9 Å². The van der Waals surface area contributed by atoms with Gasteiger partial charge in [0.15, 0.2) is 0 Å². The van der Waals surface area contributed by atoms with Crippen LogP contribution in [0.1, 0.15) is 19.3 Å². The molecule has 0 radical (unpaired) electrons. The molecule has 2 aromatic carbocycles. The fraction of sp³-hybridized carbons (Fsp3) is 0.393. The summed E-state index contributed by atoms with van der Waals surface area (Å²) in [7, 11) is 0. The van der Waals surface area contributed by atoms with E-state index in [0.29, 0.717) is 53.6 Å². The summed E-state index contributed by atoms with van der Waals surface area (Å²) in [6.45, 7) is 2.87. The molecule has 212 valence electrons. The Morgan fingerprint density at radius 1 is 1.30 bits per heavy atom. The molecule has 40 heavy (non-hydrogen) atoms. The molecule has 5 rings (SSSR count). The van der Waals surface area contributed by atoms with Crippen LogP contribution in [0.2, 0.25) is 5.02 Å². The zero-order valence-electron chi connectivity index (χ0n) is 21.9. The molecule has 10 nitrogen and oxygen atoms in total. The summed E-state index contributed by atoms with van der Waals surface area (Å²) >= 11 is 5.94. The fourth-order valence-electron chi connectivity index (χ4n) is 4.44. The van der Waals surface area contributed by atoms with Gasteiger partial charge in [-0.2, -0.15) is 0 Å². The molecule has 1 saturated heterocycles. The lowest BCUT2D eigenvalue weighted by molar-refractivity contribution is -0.111. The standard InChI is InChI=1S/C28H32ClFN6O4/c29-21-12-18(3-4-22(21)30)34-27-20-13-24(25(14-23(20)32-17-33-27)40-16-28(31)6-7-28)35-26(38)2-1-8-36-9-5-19(15-36)39-11-10-37/h1-4,12-14,17,19,37H,5-11,15-16,31H2,(H,35,38)(H,32,33,34)/b2-1+/t19-/m1/s1. The molecule has 1 aliphatic carbocycles. The van der Waals surface area contributed by atoms with Crippen molar-refractivity contribution in [3.63, 3.8) is 0 Å². The van der Waals surface area contributed by atoms with Gasteiger partial charge in [-0.25, -0.2) is 14.4 Å². The Kier molecular flexibility index (Phi) is 8.77. The molecule has 1 aromatic heterocycles. The van der Waals surface area contributed by atoms with Crippen molar-refractivity contribution in [1.82, 2.24) is 14.9 Å². The SMILES string of the molecule is NC1(COc2cc3ncnc(Nc4ccc(F)c(Cl)c4)c3cc2NC(=O)/C=C/CN2CC[C@@H](OCCO)C2)CC1. The van der Waals surface area contributed by atoms with E-state index in [1.54, 1.807) is 24.3 Å². The summed E-state index contributed by atoms with van der Waals surface area (Å²) in [6, 6.07) is 7.76. The number of fused-ring (bicyclic) bond motifs is 1. The number of aliphatic hydroxyl groups is 1. The Labute approximate surface area is 236 Å². The summed E-state index contributed by atoms with van der Waals surface area (Å²) in [4.78, 5) is 23.8. The Morgan fingerprint density at radius 3 is 2.92 bits per heavy atom. The number of aromatic nitrogens is 2. The quantitative estimate of drug-likeness (QED) is 0.241. The molecule has 1 amide bonds. The molecular weight excluding hydrogens is 539 g/mol. The lowest BCUT2D eigenvalue weighted by Crippen LogP contribution is -2.30. The van der Waals surface area contributed by atoms with Crippen molar-refractivity contribution in [2.75, 3.05) is 50.1 Å². The molecule has 2 fully saturated rings. The summed E-state index contributed by atoms with van der Waals surface area (Å²) in [6.07, 6.45) is 7.45. The van der Waals surface area contributed by atoms with Gasteiger partial charge in [0.2, 0.25) is 5.91 Å². The predicted octanol–water partition coefficient (Wildman–Crippen LogP) is 3.61. The minimum absolute atomic E-state index is 0.00752. The number of carbonyl (C=O) groups excluding carboxylic acids is 1. The Morgan fingerprint density at radius 2 is 2.15 bits per heavy atom. The highest BCUT2D eigenvalue weighted by Gasteiger charge is 2.39. The van der Waals surface area contributed by atoms with E-state index in [9.17, 15) is 9.18 Å². The van der Waals surface area contributed by atoms with E-state index in [1.165, 1.54) is 24.5 Å². The number of nitrogens with one attached hydrogen (secondary N) is 2. The summed E-state index contributed by atoms with van der Waals surface area (Å²) in [5.41, 5.74) is 7.45. The number of nitrogens with two attached hydrogens (primary N) is 1. The number of carbonyl (C=O) groups is 1. The molecule has 2 heterocycles. The van der Waals surface area contributed by atoms with Crippen molar-refractivity contribution in [3.8, 4) is 5.75 Å². The van der Waals surface area contributed by atoms with Crippen LogP contribution in [0.5, 0.6) is 5.75 Å². The number of likely N-dealkylation sites (tertiary alicyclic amines) is 1. The zero-order chi connectivity index (χ0) is 28.1. The number of halogens is 2. The van der Waals surface area contributed by atoms with Crippen molar-refractivity contribution in [2.45, 2.75) is 30.9 Å². The third-order valence-electron chi connectivity index (χ3n) is 6.89. The van der Waals surface area contributed by atoms with Gasteiger partial charge < -0.3 is 30.9 Å². The van der Waals surface area contributed by atoms with E-state index >= 15 is 0 Å². The molecule has 1 aliphatic heterocycles. The van der Waals surface area contributed by atoms with Crippen LogP contribution >= 0.6 is 11.6 Å². The van der Waals surface area contributed by atoms with Crippen molar-refractivity contribution < 1.29 is 23.8 Å². The molecule has 0 unspecified atom stereocenters. The Hall–Kier alpha value is -3.35. The van der Waals surface area contributed by atoms with Gasteiger partial charge in [0.1, 0.15) is 30.3 Å². The molecule has 3 aromatic rings. The average Bonchev–Trinajstić information content (AvgIpc) is 3.50. The first-order chi connectivity index (χ1) is 19.3. The fourth-order valence-corrected chi connectivity index (χ4v) is 4.62. The van der Waals surface area contributed by atoms with Crippen LogP contribution in [0, 0.1) is 5.82 Å². The summed E-state index contributed by atoms with van der Waals surface area (Å²) in [5, 5.41) is 15.6. The van der Waals surface area contributed by atoms with Crippen molar-refractivity contribution >= 4 is 45.6 Å². The van der Waals surface area contributed by atoms with Crippen LogP contribution in [0.15, 0.2) is 48.8 Å². The van der Waals surface area contributed by atoms with Crippen LogP contribution in [0.4, 0.5) is 21.6 Å². The van der Waals surface area contributed by atoms with Crippen LogP contribution < -0.4 is 21.1 Å². The van der Waals surface area contributed by atoms with Crippen LogP contribution in [0.3, 0.4) is 0 Å². The van der Waals surface area contributed by atoms with Crippen molar-refractivity contribution in [3.05, 3.63) is 59.7 Å². The molecule has 1 saturated carbocycles. The maximum atomic E-state index is 13.6. The van der Waals surface area contributed by atoms with Crippen molar-refractivity contribution in [2.24, 2.45) is 5.73 Å². The van der Waals surface area contributed by atoms with Gasteiger partial charge >= 0.3 is 0 Å². The topological polar surface area (TPSA) is 135 Å². The lowest BCUT2D eigenvalue weighted by atomic mass is 10.1. The number of amides is 1. The summed E-state index contributed by atoms with van der Waals surface area (Å²) in [5.74, 6) is 0.0631. The Balaban J connectivity index is 1.33. The smallest absolute Gasteiger partial charge is 0.248 e. The molecule has 5 N–H and O–H groups in total. The number of aliphatic hydroxyl groups excluding tert-OH is 1. The number of rotatable bonds is 12. The maximum absolute atomic E-state index is 13.6. The van der Waals surface area contributed by atoms with E-state index in [-0.39, 0.29) is 29.2 Å². The summed E-state index contributed by atoms with van der Waals surface area (Å²) < 4.78 is 25.3. The zero-order valence-corrected chi connectivity index (χ0v) is 22.7. The van der Waals surface area contributed by atoms with Gasteiger partial charge in [0, 0.05) is 42.9 Å². The van der Waals surface area contributed by atoms with Crippen LogP contribution in [-0.2, 0) is 9.53 Å². The number of nitrogens with zero attached hydrogens (tertiary/aromatic N) is 3. The molecule has 2 aliphatic rings. The number of hydrogen-bond donors (Lipinski definition) is 4. The third-order valence-corrected chi connectivity index (χ3v) is 7.18. The largest absolute Gasteiger partial charge is 0.489 e. The number of anilines is 3. The van der Waals surface area contributed by atoms with E-state index in [1.807, 2.05) is 0 Å². The second-order valence-corrected chi connectivity index (χ2v) is 10.6. The highest BCUT2D eigenvalue weighted by atomic mass is 35.5. The molecular formula is C28H32ClFN6O4. The maximum Gasteiger partial charge on any atom is 0.248 e. The number of ether oxygens (including phenoxy) is 2. The highest BCUT2D eigenvalue weighted by molar-refractivity contribution is 6.31. The Bertz CT molecular complexity index is 1400. The number of benzene rings is 2. The second kappa shape index (κ2) is 12.4. The molecule has 12 heteroatoms. The van der Waals surface area contributed by atoms with Crippen LogP contribution in [-0.4, -0.2) is 77.0 Å². The molecule has 0 spiro atoms. The number of hydrogen-bond acceptors (Lipinski definition) is 9. The van der Waals surface area contributed by atoms with Gasteiger partial charge in [-0.05, 0) is 43.5 Å². The highest BCUT2D eigenvalue weighted by Crippen LogP contribution is 2.37. The molecule has 1 atom stereocenters. The van der Waals surface area contributed by atoms with E-state index < -0.39 is 5.82 Å². The first kappa shape index (κ1) is 28.2. The van der Waals surface area contributed by atoms with Gasteiger partial charge in [-0.15, -0.1) is 0 Å². The van der Waals surface area contributed by atoms with Crippen LogP contribution in [0.25, 0.3) is 10.9 Å². The first-order valence-electron chi connectivity index (χ1n) is 13.2. The third kappa shape index (κ3) is 7.23. The van der Waals surface area contributed by atoms with E-state index in [2.05, 4.69) is 25.5 Å². The monoisotopic (exact) mass is 570 g/mol. The predicted molar refractivity (Wildman–Crippen MR) is 152 cm³/mol. The minimum Gasteiger partial charge on any atom is -0.489 e. The van der Waals surface area contributed by atoms with Gasteiger partial charge in [-0.3, -0.25) is 9.69 Å². The lowest BCUT2D eigenvalue weighted by Gasteiger charge is -2.17. The first-order valence-corrected chi connectivity index (χ1v) is 13.5. The average molecular weight is 571 g/mol.